The van der Waals surface area contributed by atoms with Crippen LogP contribution in [-0.2, 0) is 4.79 Å². The topological polar surface area (TPSA) is 49.3 Å². The molecule has 0 fully saturated rings. The molecule has 1 unspecified atom stereocenters. The molecule has 1 aromatic carbocycles. The van der Waals surface area contributed by atoms with E-state index in [4.69, 9.17) is 0 Å². The fraction of sp³-hybridized carbons (Fsp3) is 0.308. The van der Waals surface area contributed by atoms with Gasteiger partial charge < -0.3 is 10.4 Å². The average molecular weight is 249 g/mol. The second-order valence-electron chi connectivity index (χ2n) is 3.86. The number of aliphatic hydroxyl groups excluding tert-OH is 1. The van der Waals surface area contributed by atoms with Crippen LogP contribution in [0.15, 0.2) is 30.3 Å². The summed E-state index contributed by atoms with van der Waals surface area (Å²) in [5.74, 6) is -0.0369. The summed E-state index contributed by atoms with van der Waals surface area (Å²) in [7, 11) is 0. The number of aliphatic hydroxyl groups is 1. The molecule has 0 aliphatic heterocycles. The molecule has 1 amide bonds. The molecule has 17 heavy (non-hydrogen) atoms. The van der Waals surface area contributed by atoms with Gasteiger partial charge in [0, 0.05) is 22.5 Å². The highest BCUT2D eigenvalue weighted by Crippen LogP contribution is 2.29. The van der Waals surface area contributed by atoms with E-state index in [-0.39, 0.29) is 12.5 Å². The number of hydrogen-bond acceptors (Lipinski definition) is 3. The first-order valence-corrected chi connectivity index (χ1v) is 6.45. The highest BCUT2D eigenvalue weighted by Gasteiger charge is 2.11. The van der Waals surface area contributed by atoms with Crippen molar-refractivity contribution in [3.05, 3.63) is 35.2 Å². The van der Waals surface area contributed by atoms with Gasteiger partial charge in [-0.25, -0.2) is 0 Å². The zero-order valence-electron chi connectivity index (χ0n) is 9.64. The van der Waals surface area contributed by atoms with Gasteiger partial charge in [-0.2, -0.15) is 0 Å². The standard InChI is InChI=1S/C13H15NO2S/c1-2-13(16)14-8-10(15)12-7-9-5-3-4-6-11(9)17-12/h3-7,10,15H,2,8H2,1H3,(H,14,16). The molecule has 90 valence electrons. The maximum Gasteiger partial charge on any atom is 0.219 e. The number of fused-ring (bicyclic) bond motifs is 1. The predicted octanol–water partition coefficient (Wildman–Crippen LogP) is 2.46. The minimum Gasteiger partial charge on any atom is -0.386 e. The molecule has 2 aromatic rings. The van der Waals surface area contributed by atoms with E-state index >= 15 is 0 Å². The number of nitrogens with one attached hydrogen (secondary N) is 1. The highest BCUT2D eigenvalue weighted by atomic mass is 32.1. The first-order chi connectivity index (χ1) is 8.20. The number of hydrogen-bond donors (Lipinski definition) is 2. The van der Waals surface area contributed by atoms with E-state index < -0.39 is 6.10 Å². The fourth-order valence-corrected chi connectivity index (χ4v) is 2.65. The third-order valence-corrected chi connectivity index (χ3v) is 3.80. The molecular formula is C13H15NO2S. The molecule has 0 radical (unpaired) electrons. The lowest BCUT2D eigenvalue weighted by Gasteiger charge is -2.08. The maximum absolute atomic E-state index is 11.1. The molecular weight excluding hydrogens is 234 g/mol. The van der Waals surface area contributed by atoms with E-state index in [0.29, 0.717) is 6.42 Å². The summed E-state index contributed by atoms with van der Waals surface area (Å²) in [5.41, 5.74) is 0. The minimum absolute atomic E-state index is 0.0369. The lowest BCUT2D eigenvalue weighted by atomic mass is 10.2. The van der Waals surface area contributed by atoms with Crippen molar-refractivity contribution in [1.29, 1.82) is 0 Å². The van der Waals surface area contributed by atoms with E-state index in [2.05, 4.69) is 5.32 Å². The molecule has 1 aromatic heterocycles. The molecule has 0 saturated heterocycles. The second kappa shape index (κ2) is 5.29. The number of amides is 1. The third-order valence-electron chi connectivity index (χ3n) is 2.59. The zero-order valence-corrected chi connectivity index (χ0v) is 10.5. The molecule has 2 N–H and O–H groups in total. The molecule has 4 heteroatoms. The minimum atomic E-state index is -0.622. The van der Waals surface area contributed by atoms with Crippen LogP contribution in [0.3, 0.4) is 0 Å². The summed E-state index contributed by atoms with van der Waals surface area (Å²) in [5, 5.41) is 13.8. The van der Waals surface area contributed by atoms with Gasteiger partial charge in [0.1, 0.15) is 6.10 Å². The molecule has 1 heterocycles. The Morgan fingerprint density at radius 2 is 2.24 bits per heavy atom. The summed E-state index contributed by atoms with van der Waals surface area (Å²) < 4.78 is 1.16. The van der Waals surface area contributed by atoms with Gasteiger partial charge in [0.15, 0.2) is 0 Å². The Hall–Kier alpha value is -1.39. The van der Waals surface area contributed by atoms with Gasteiger partial charge in [-0.15, -0.1) is 11.3 Å². The summed E-state index contributed by atoms with van der Waals surface area (Å²) in [6.07, 6.45) is -0.179. The summed E-state index contributed by atoms with van der Waals surface area (Å²) in [6, 6.07) is 9.98. The molecule has 0 aliphatic rings. The van der Waals surface area contributed by atoms with E-state index in [0.717, 1.165) is 15.0 Å². The molecule has 0 spiro atoms. The number of benzene rings is 1. The van der Waals surface area contributed by atoms with Crippen LogP contribution >= 0.6 is 11.3 Å². The Bertz CT molecular complexity index is 488. The van der Waals surface area contributed by atoms with Crippen LogP contribution in [0.25, 0.3) is 10.1 Å². The highest BCUT2D eigenvalue weighted by molar-refractivity contribution is 7.19. The van der Waals surface area contributed by atoms with Gasteiger partial charge in [0.25, 0.3) is 0 Å². The Morgan fingerprint density at radius 1 is 1.47 bits per heavy atom. The monoisotopic (exact) mass is 249 g/mol. The summed E-state index contributed by atoms with van der Waals surface area (Å²) in [6.45, 7) is 2.07. The molecule has 2 rings (SSSR count). The number of rotatable bonds is 4. The van der Waals surface area contributed by atoms with Crippen LogP contribution in [-0.4, -0.2) is 17.6 Å². The SMILES string of the molecule is CCC(=O)NCC(O)c1cc2ccccc2s1. The van der Waals surface area contributed by atoms with Crippen molar-refractivity contribution in [3.63, 3.8) is 0 Å². The largest absolute Gasteiger partial charge is 0.386 e. The number of carbonyl (C=O) groups is 1. The van der Waals surface area contributed by atoms with Crippen molar-refractivity contribution in [1.82, 2.24) is 5.32 Å². The lowest BCUT2D eigenvalue weighted by molar-refractivity contribution is -0.121. The Morgan fingerprint density at radius 3 is 2.94 bits per heavy atom. The molecule has 3 nitrogen and oxygen atoms in total. The maximum atomic E-state index is 11.1. The van der Waals surface area contributed by atoms with Gasteiger partial charge in [0.05, 0.1) is 0 Å². The van der Waals surface area contributed by atoms with Crippen molar-refractivity contribution in [2.45, 2.75) is 19.4 Å². The number of carbonyl (C=O) groups excluding carboxylic acids is 1. The van der Waals surface area contributed by atoms with Crippen molar-refractivity contribution in [2.75, 3.05) is 6.54 Å². The summed E-state index contributed by atoms with van der Waals surface area (Å²) >= 11 is 1.56. The van der Waals surface area contributed by atoms with Crippen molar-refractivity contribution < 1.29 is 9.90 Å². The van der Waals surface area contributed by atoms with E-state index in [1.54, 1.807) is 18.3 Å². The average Bonchev–Trinajstić information content (AvgIpc) is 2.79. The molecule has 0 bridgehead atoms. The predicted molar refractivity (Wildman–Crippen MR) is 70.1 cm³/mol. The van der Waals surface area contributed by atoms with Crippen molar-refractivity contribution in [2.24, 2.45) is 0 Å². The summed E-state index contributed by atoms with van der Waals surface area (Å²) in [4.78, 5) is 12.0. The van der Waals surface area contributed by atoms with E-state index in [9.17, 15) is 9.90 Å². The van der Waals surface area contributed by atoms with E-state index in [1.165, 1.54) is 0 Å². The van der Waals surface area contributed by atoms with Crippen LogP contribution in [0.1, 0.15) is 24.3 Å². The van der Waals surface area contributed by atoms with Crippen LogP contribution in [0.4, 0.5) is 0 Å². The van der Waals surface area contributed by atoms with Gasteiger partial charge in [-0.3, -0.25) is 4.79 Å². The Labute approximate surface area is 104 Å². The van der Waals surface area contributed by atoms with Crippen LogP contribution in [0.2, 0.25) is 0 Å². The van der Waals surface area contributed by atoms with Crippen LogP contribution < -0.4 is 5.32 Å². The quantitative estimate of drug-likeness (QED) is 0.874. The molecule has 0 saturated carbocycles. The van der Waals surface area contributed by atoms with Crippen LogP contribution in [0, 0.1) is 0 Å². The molecule has 0 aliphatic carbocycles. The van der Waals surface area contributed by atoms with E-state index in [1.807, 2.05) is 30.3 Å². The van der Waals surface area contributed by atoms with Crippen molar-refractivity contribution >= 4 is 27.3 Å². The lowest BCUT2D eigenvalue weighted by Crippen LogP contribution is -2.27. The van der Waals surface area contributed by atoms with Gasteiger partial charge in [-0.1, -0.05) is 25.1 Å². The smallest absolute Gasteiger partial charge is 0.219 e. The fourth-order valence-electron chi connectivity index (χ4n) is 1.60. The van der Waals surface area contributed by atoms with Gasteiger partial charge in [0.2, 0.25) is 5.91 Å². The Kier molecular flexibility index (Phi) is 3.76. The Balaban J connectivity index is 2.08. The first kappa shape index (κ1) is 12.1. The zero-order chi connectivity index (χ0) is 12.3. The van der Waals surface area contributed by atoms with Gasteiger partial charge >= 0.3 is 0 Å². The van der Waals surface area contributed by atoms with Crippen molar-refractivity contribution in [3.8, 4) is 0 Å². The van der Waals surface area contributed by atoms with Gasteiger partial charge in [-0.05, 0) is 17.5 Å². The third kappa shape index (κ3) is 2.84. The normalized spacial score (nSPS) is 12.6. The van der Waals surface area contributed by atoms with Crippen LogP contribution in [0.5, 0.6) is 0 Å². The second-order valence-corrected chi connectivity index (χ2v) is 4.98. The molecule has 1 atom stereocenters. The number of thiophene rings is 1. The first-order valence-electron chi connectivity index (χ1n) is 5.64.